The lowest BCUT2D eigenvalue weighted by molar-refractivity contribution is 0.0696. The van der Waals surface area contributed by atoms with Crippen molar-refractivity contribution < 1.29 is 14.6 Å². The Bertz CT molecular complexity index is 453. The summed E-state index contributed by atoms with van der Waals surface area (Å²) in [7, 11) is 0. The van der Waals surface area contributed by atoms with Crippen molar-refractivity contribution >= 4 is 5.97 Å². The average Bonchev–Trinajstić information content (AvgIpc) is 2.86. The van der Waals surface area contributed by atoms with E-state index in [1.165, 1.54) is 25.7 Å². The number of carbonyl (C=O) groups is 1. The zero-order valence-corrected chi connectivity index (χ0v) is 12.0. The molecule has 110 valence electrons. The molecule has 0 atom stereocenters. The highest BCUT2D eigenvalue weighted by molar-refractivity contribution is 5.87. The van der Waals surface area contributed by atoms with Gasteiger partial charge in [-0.15, -0.1) is 0 Å². The van der Waals surface area contributed by atoms with Crippen LogP contribution in [0.2, 0.25) is 0 Å². The van der Waals surface area contributed by atoms with Gasteiger partial charge >= 0.3 is 5.97 Å². The van der Waals surface area contributed by atoms with Crippen LogP contribution >= 0.6 is 0 Å². The molecule has 0 unspecified atom stereocenters. The molecule has 1 aliphatic carbocycles. The maximum Gasteiger partial charge on any atom is 0.335 e. The first-order valence-electron chi connectivity index (χ1n) is 7.26. The van der Waals surface area contributed by atoms with E-state index in [1.807, 2.05) is 0 Å². The molecular weight excluding hydrogens is 254 g/mol. The van der Waals surface area contributed by atoms with Crippen molar-refractivity contribution in [1.82, 2.24) is 5.32 Å². The first-order chi connectivity index (χ1) is 9.59. The Morgan fingerprint density at radius 2 is 2.15 bits per heavy atom. The maximum absolute atomic E-state index is 10.8. The molecule has 2 rings (SSSR count). The number of nitrogens with one attached hydrogen (secondary N) is 1. The Balaban J connectivity index is 1.68. The van der Waals surface area contributed by atoms with Gasteiger partial charge in [0.15, 0.2) is 0 Å². The van der Waals surface area contributed by atoms with E-state index in [-0.39, 0.29) is 5.56 Å². The molecule has 1 aromatic rings. The van der Waals surface area contributed by atoms with Crippen molar-refractivity contribution in [2.24, 2.45) is 5.41 Å². The molecule has 1 aromatic carbocycles. The molecule has 0 aromatic heterocycles. The summed E-state index contributed by atoms with van der Waals surface area (Å²) in [5.41, 5.74) is 0.706. The lowest BCUT2D eigenvalue weighted by Crippen LogP contribution is -2.32. The molecule has 1 saturated carbocycles. The molecule has 1 fully saturated rings. The minimum Gasteiger partial charge on any atom is -0.492 e. The largest absolute Gasteiger partial charge is 0.492 e. The van der Waals surface area contributed by atoms with Crippen molar-refractivity contribution in [3.05, 3.63) is 29.8 Å². The number of rotatable bonds is 7. The fraction of sp³-hybridized carbons (Fsp3) is 0.562. The van der Waals surface area contributed by atoms with Crippen LogP contribution in [0.1, 0.15) is 43.0 Å². The lowest BCUT2D eigenvalue weighted by atomic mass is 9.89. The zero-order chi connectivity index (χ0) is 14.4. The van der Waals surface area contributed by atoms with Gasteiger partial charge in [-0.05, 0) is 36.5 Å². The van der Waals surface area contributed by atoms with Gasteiger partial charge in [0.1, 0.15) is 12.4 Å². The molecule has 2 N–H and O–H groups in total. The number of ether oxygens (including phenoxy) is 1. The third-order valence-electron chi connectivity index (χ3n) is 3.99. The highest BCUT2D eigenvalue weighted by Crippen LogP contribution is 2.36. The van der Waals surface area contributed by atoms with Crippen LogP contribution in [0.5, 0.6) is 5.75 Å². The van der Waals surface area contributed by atoms with Crippen LogP contribution in [0.3, 0.4) is 0 Å². The normalized spacial score (nSPS) is 17.1. The Morgan fingerprint density at radius 3 is 2.85 bits per heavy atom. The lowest BCUT2D eigenvalue weighted by Gasteiger charge is -2.23. The van der Waals surface area contributed by atoms with E-state index in [9.17, 15) is 4.79 Å². The van der Waals surface area contributed by atoms with E-state index in [4.69, 9.17) is 9.84 Å². The second-order valence-corrected chi connectivity index (χ2v) is 5.88. The molecule has 0 spiro atoms. The Labute approximate surface area is 120 Å². The number of hydrogen-bond donors (Lipinski definition) is 2. The van der Waals surface area contributed by atoms with E-state index >= 15 is 0 Å². The topological polar surface area (TPSA) is 58.6 Å². The number of aromatic carboxylic acids is 1. The van der Waals surface area contributed by atoms with Crippen molar-refractivity contribution in [2.45, 2.75) is 32.6 Å². The van der Waals surface area contributed by atoms with Crippen molar-refractivity contribution in [3.8, 4) is 5.75 Å². The van der Waals surface area contributed by atoms with Gasteiger partial charge < -0.3 is 15.2 Å². The van der Waals surface area contributed by atoms with Gasteiger partial charge in [-0.2, -0.15) is 0 Å². The van der Waals surface area contributed by atoms with Crippen LogP contribution in [0.15, 0.2) is 24.3 Å². The minimum atomic E-state index is -0.928. The van der Waals surface area contributed by atoms with Crippen LogP contribution in [-0.2, 0) is 0 Å². The summed E-state index contributed by atoms with van der Waals surface area (Å²) in [6.45, 7) is 4.71. The Kier molecular flexibility index (Phi) is 5.01. The molecule has 0 bridgehead atoms. The molecule has 4 heteroatoms. The van der Waals surface area contributed by atoms with Gasteiger partial charge in [0.2, 0.25) is 0 Å². The first-order valence-corrected chi connectivity index (χ1v) is 7.26. The molecule has 0 aliphatic heterocycles. The van der Waals surface area contributed by atoms with Gasteiger partial charge in [0.25, 0.3) is 0 Å². The van der Waals surface area contributed by atoms with Gasteiger partial charge in [-0.1, -0.05) is 25.8 Å². The predicted molar refractivity (Wildman–Crippen MR) is 78.3 cm³/mol. The van der Waals surface area contributed by atoms with Gasteiger partial charge in [0, 0.05) is 13.1 Å². The van der Waals surface area contributed by atoms with Crippen LogP contribution in [0, 0.1) is 5.41 Å². The molecule has 0 heterocycles. The van der Waals surface area contributed by atoms with Crippen LogP contribution in [0.4, 0.5) is 0 Å². The molecule has 0 amide bonds. The summed E-state index contributed by atoms with van der Waals surface area (Å²) in [4.78, 5) is 10.8. The number of carboxylic acid groups (broad SMARTS) is 1. The quantitative estimate of drug-likeness (QED) is 0.752. The Hall–Kier alpha value is -1.55. The predicted octanol–water partition coefficient (Wildman–Crippen LogP) is 2.93. The molecular formula is C16H23NO3. The summed E-state index contributed by atoms with van der Waals surface area (Å²) in [5, 5.41) is 12.3. The third kappa shape index (κ3) is 4.23. The van der Waals surface area contributed by atoms with E-state index in [0.717, 1.165) is 13.1 Å². The van der Waals surface area contributed by atoms with Crippen molar-refractivity contribution in [2.75, 3.05) is 19.7 Å². The standard InChI is InChI=1S/C16H23NO3/c1-16(7-2-3-8-16)12-17-9-10-20-14-6-4-5-13(11-14)15(18)19/h4-6,11,17H,2-3,7-10,12H2,1H3,(H,18,19). The highest BCUT2D eigenvalue weighted by atomic mass is 16.5. The minimum absolute atomic E-state index is 0.258. The molecule has 0 radical (unpaired) electrons. The average molecular weight is 277 g/mol. The number of hydrogen-bond acceptors (Lipinski definition) is 3. The fourth-order valence-electron chi connectivity index (χ4n) is 2.76. The SMILES string of the molecule is CC1(CNCCOc2cccc(C(=O)O)c2)CCCC1. The van der Waals surface area contributed by atoms with Crippen LogP contribution in [0.25, 0.3) is 0 Å². The van der Waals surface area contributed by atoms with Crippen molar-refractivity contribution in [1.29, 1.82) is 0 Å². The number of carboxylic acids is 1. The van der Waals surface area contributed by atoms with E-state index in [1.54, 1.807) is 24.3 Å². The summed E-state index contributed by atoms with van der Waals surface area (Å²) in [6.07, 6.45) is 5.30. The Morgan fingerprint density at radius 1 is 1.40 bits per heavy atom. The van der Waals surface area contributed by atoms with E-state index in [2.05, 4.69) is 12.2 Å². The van der Waals surface area contributed by atoms with E-state index < -0.39 is 5.97 Å². The van der Waals surface area contributed by atoms with E-state index in [0.29, 0.717) is 17.8 Å². The third-order valence-corrected chi connectivity index (χ3v) is 3.99. The smallest absolute Gasteiger partial charge is 0.335 e. The number of benzene rings is 1. The molecule has 4 nitrogen and oxygen atoms in total. The second kappa shape index (κ2) is 6.75. The monoisotopic (exact) mass is 277 g/mol. The van der Waals surface area contributed by atoms with Crippen LogP contribution < -0.4 is 10.1 Å². The van der Waals surface area contributed by atoms with Crippen LogP contribution in [-0.4, -0.2) is 30.8 Å². The summed E-state index contributed by atoms with van der Waals surface area (Å²) < 4.78 is 5.57. The molecule has 0 saturated heterocycles. The first kappa shape index (κ1) is 14.9. The zero-order valence-electron chi connectivity index (χ0n) is 12.0. The van der Waals surface area contributed by atoms with Gasteiger partial charge in [-0.3, -0.25) is 0 Å². The second-order valence-electron chi connectivity index (χ2n) is 5.88. The molecule has 1 aliphatic rings. The maximum atomic E-state index is 10.8. The summed E-state index contributed by atoms with van der Waals surface area (Å²) in [5.74, 6) is -0.318. The molecule has 20 heavy (non-hydrogen) atoms. The van der Waals surface area contributed by atoms with Gasteiger partial charge in [-0.25, -0.2) is 4.79 Å². The van der Waals surface area contributed by atoms with Gasteiger partial charge in [0.05, 0.1) is 5.56 Å². The highest BCUT2D eigenvalue weighted by Gasteiger charge is 2.27. The summed E-state index contributed by atoms with van der Waals surface area (Å²) >= 11 is 0. The summed E-state index contributed by atoms with van der Waals surface area (Å²) in [6, 6.07) is 6.60. The van der Waals surface area contributed by atoms with Crippen molar-refractivity contribution in [3.63, 3.8) is 0 Å². The fourth-order valence-corrected chi connectivity index (χ4v) is 2.76.